The number of nitrogens with zero attached hydrogens (tertiary/aromatic N) is 2. The van der Waals surface area contributed by atoms with Gasteiger partial charge in [0.1, 0.15) is 0 Å². The summed E-state index contributed by atoms with van der Waals surface area (Å²) in [4.78, 5) is 40.4. The molecular weight excluding hydrogens is 360 g/mol. The molecule has 3 rings (SSSR count). The van der Waals surface area contributed by atoms with Gasteiger partial charge in [-0.25, -0.2) is 14.6 Å². The monoisotopic (exact) mass is 374 g/mol. The molecule has 0 saturated heterocycles. The molecule has 0 unspecified atom stereocenters. The highest BCUT2D eigenvalue weighted by Crippen LogP contribution is 2.29. The number of nitrogens with one attached hydrogen (secondary N) is 2. The molecule has 0 radical (unpaired) electrons. The van der Waals surface area contributed by atoms with Crippen molar-refractivity contribution in [3.8, 4) is 10.6 Å². The van der Waals surface area contributed by atoms with E-state index in [-0.39, 0.29) is 11.3 Å². The van der Waals surface area contributed by atoms with Gasteiger partial charge < -0.3 is 14.6 Å². The van der Waals surface area contributed by atoms with E-state index >= 15 is 0 Å². The van der Waals surface area contributed by atoms with Gasteiger partial charge in [0.25, 0.3) is 11.6 Å². The smallest absolute Gasteiger partial charge is 0.339 e. The highest BCUT2D eigenvalue weighted by atomic mass is 32.1. The Morgan fingerprint density at radius 2 is 2.15 bits per heavy atom. The van der Waals surface area contributed by atoms with E-state index in [4.69, 9.17) is 9.26 Å². The van der Waals surface area contributed by atoms with Crippen LogP contribution in [0.5, 0.6) is 0 Å². The van der Waals surface area contributed by atoms with Crippen LogP contribution >= 0.6 is 11.3 Å². The number of hydrogen-bond acceptors (Lipinski definition) is 8. The molecule has 0 aliphatic rings. The second-order valence-electron chi connectivity index (χ2n) is 5.18. The van der Waals surface area contributed by atoms with E-state index in [1.807, 2.05) is 22.8 Å². The van der Waals surface area contributed by atoms with Crippen molar-refractivity contribution < 1.29 is 23.6 Å². The van der Waals surface area contributed by atoms with Gasteiger partial charge in [0.2, 0.25) is 0 Å². The first-order chi connectivity index (χ1) is 12.5. The molecule has 0 spiro atoms. The summed E-state index contributed by atoms with van der Waals surface area (Å²) in [6.07, 6.45) is 0. The lowest BCUT2D eigenvalue weighted by molar-refractivity contribution is -0.123. The summed E-state index contributed by atoms with van der Waals surface area (Å²) in [5.74, 6) is -1.49. The average molecular weight is 374 g/mol. The number of fused-ring (bicyclic) bond motifs is 1. The standard InChI is InChI=1S/C16H14N4O5S/c1-8-13-9(15(22)24-7-12(21)19-16(23)17-2)6-10(11-4-3-5-26-11)18-14(13)25-20-8/h3-6H,7H2,1-2H3,(H2,17,19,21,23). The summed E-state index contributed by atoms with van der Waals surface area (Å²) in [6, 6.07) is 4.59. The molecule has 134 valence electrons. The number of amides is 3. The van der Waals surface area contributed by atoms with Crippen LogP contribution in [0.2, 0.25) is 0 Å². The number of urea groups is 1. The second kappa shape index (κ2) is 7.31. The molecule has 3 aromatic heterocycles. The maximum absolute atomic E-state index is 12.5. The molecule has 26 heavy (non-hydrogen) atoms. The number of esters is 1. The van der Waals surface area contributed by atoms with Crippen LogP contribution in [0.25, 0.3) is 21.7 Å². The lowest BCUT2D eigenvalue weighted by Crippen LogP contribution is -2.39. The SMILES string of the molecule is CNC(=O)NC(=O)COC(=O)c1cc(-c2cccs2)nc2onc(C)c12. The summed E-state index contributed by atoms with van der Waals surface area (Å²) in [6.45, 7) is 1.07. The Morgan fingerprint density at radius 1 is 1.35 bits per heavy atom. The zero-order chi connectivity index (χ0) is 18.7. The van der Waals surface area contributed by atoms with Crippen LogP contribution in [-0.4, -0.2) is 41.7 Å². The molecule has 3 aromatic rings. The van der Waals surface area contributed by atoms with E-state index in [0.29, 0.717) is 16.8 Å². The minimum atomic E-state index is -0.747. The van der Waals surface area contributed by atoms with E-state index in [2.05, 4.69) is 15.5 Å². The molecular formula is C16H14N4O5S. The van der Waals surface area contributed by atoms with Gasteiger partial charge in [-0.2, -0.15) is 0 Å². The highest BCUT2D eigenvalue weighted by Gasteiger charge is 2.21. The highest BCUT2D eigenvalue weighted by molar-refractivity contribution is 7.13. The number of hydrogen-bond donors (Lipinski definition) is 2. The molecule has 0 fully saturated rings. The van der Waals surface area contributed by atoms with Crippen molar-refractivity contribution in [2.75, 3.05) is 13.7 Å². The number of rotatable bonds is 4. The third-order valence-electron chi connectivity index (χ3n) is 3.43. The van der Waals surface area contributed by atoms with Crippen molar-refractivity contribution in [3.63, 3.8) is 0 Å². The first-order valence-corrected chi connectivity index (χ1v) is 8.37. The summed E-state index contributed by atoms with van der Waals surface area (Å²) in [5, 5.41) is 10.4. The summed E-state index contributed by atoms with van der Waals surface area (Å²) < 4.78 is 10.2. The van der Waals surface area contributed by atoms with Crippen LogP contribution in [0.4, 0.5) is 4.79 Å². The first kappa shape index (κ1) is 17.5. The maximum Gasteiger partial charge on any atom is 0.339 e. The van der Waals surface area contributed by atoms with Gasteiger partial charge in [0.05, 0.1) is 27.2 Å². The number of aromatic nitrogens is 2. The van der Waals surface area contributed by atoms with Gasteiger partial charge >= 0.3 is 12.0 Å². The zero-order valence-corrected chi connectivity index (χ0v) is 14.7. The minimum Gasteiger partial charge on any atom is -0.452 e. The Balaban J connectivity index is 1.88. The van der Waals surface area contributed by atoms with E-state index in [0.717, 1.165) is 4.88 Å². The lowest BCUT2D eigenvalue weighted by atomic mass is 10.1. The molecule has 0 aliphatic heterocycles. The lowest BCUT2D eigenvalue weighted by Gasteiger charge is -2.07. The average Bonchev–Trinajstić information content (AvgIpc) is 3.29. The van der Waals surface area contributed by atoms with Crippen LogP contribution in [0.3, 0.4) is 0 Å². The Morgan fingerprint density at radius 3 is 2.85 bits per heavy atom. The second-order valence-corrected chi connectivity index (χ2v) is 6.13. The summed E-state index contributed by atoms with van der Waals surface area (Å²) >= 11 is 1.45. The molecule has 0 saturated carbocycles. The third kappa shape index (κ3) is 3.54. The summed E-state index contributed by atoms with van der Waals surface area (Å²) in [7, 11) is 1.36. The van der Waals surface area contributed by atoms with Gasteiger partial charge in [0.15, 0.2) is 6.61 Å². The Kier molecular flexibility index (Phi) is 4.94. The number of imide groups is 1. The number of carbonyl (C=O) groups excluding carboxylic acids is 3. The van der Waals surface area contributed by atoms with Crippen LogP contribution in [0.1, 0.15) is 16.1 Å². The Bertz CT molecular complexity index is 980. The number of pyridine rings is 1. The van der Waals surface area contributed by atoms with Crippen molar-refractivity contribution in [2.45, 2.75) is 6.92 Å². The van der Waals surface area contributed by atoms with Crippen molar-refractivity contribution >= 4 is 40.3 Å². The van der Waals surface area contributed by atoms with Gasteiger partial charge in [-0.15, -0.1) is 11.3 Å². The first-order valence-electron chi connectivity index (χ1n) is 7.49. The number of carbonyl (C=O) groups is 3. The molecule has 3 heterocycles. The van der Waals surface area contributed by atoms with E-state index in [1.54, 1.807) is 13.0 Å². The minimum absolute atomic E-state index is 0.185. The van der Waals surface area contributed by atoms with Crippen molar-refractivity contribution in [1.82, 2.24) is 20.8 Å². The predicted molar refractivity (Wildman–Crippen MR) is 92.7 cm³/mol. The quantitative estimate of drug-likeness (QED) is 0.668. The zero-order valence-electron chi connectivity index (χ0n) is 13.9. The van der Waals surface area contributed by atoms with Crippen LogP contribution in [0, 0.1) is 6.92 Å². The van der Waals surface area contributed by atoms with Crippen molar-refractivity contribution in [1.29, 1.82) is 0 Å². The predicted octanol–water partition coefficient (Wildman–Crippen LogP) is 1.87. The molecule has 0 atom stereocenters. The van der Waals surface area contributed by atoms with E-state index in [1.165, 1.54) is 18.4 Å². The largest absolute Gasteiger partial charge is 0.452 e. The number of ether oxygens (including phenoxy) is 1. The van der Waals surface area contributed by atoms with Gasteiger partial charge in [-0.3, -0.25) is 10.1 Å². The van der Waals surface area contributed by atoms with Gasteiger partial charge in [-0.1, -0.05) is 11.2 Å². The van der Waals surface area contributed by atoms with Crippen molar-refractivity contribution in [2.24, 2.45) is 0 Å². The van der Waals surface area contributed by atoms with Crippen LogP contribution in [-0.2, 0) is 9.53 Å². The molecule has 0 bridgehead atoms. The Labute approximate surface area is 151 Å². The fourth-order valence-corrected chi connectivity index (χ4v) is 2.93. The number of aryl methyl sites for hydroxylation is 1. The molecule has 2 N–H and O–H groups in total. The summed E-state index contributed by atoms with van der Waals surface area (Å²) in [5.41, 5.74) is 1.40. The van der Waals surface area contributed by atoms with Gasteiger partial charge in [0, 0.05) is 7.05 Å². The van der Waals surface area contributed by atoms with E-state index in [9.17, 15) is 14.4 Å². The van der Waals surface area contributed by atoms with Crippen LogP contribution < -0.4 is 10.6 Å². The molecule has 3 amide bonds. The van der Waals surface area contributed by atoms with Crippen LogP contribution in [0.15, 0.2) is 28.1 Å². The number of thiophene rings is 1. The molecule has 0 aliphatic carbocycles. The Hall–Kier alpha value is -3.27. The normalized spacial score (nSPS) is 10.5. The maximum atomic E-state index is 12.5. The molecule has 0 aromatic carbocycles. The molecule has 10 heteroatoms. The fourth-order valence-electron chi connectivity index (χ4n) is 2.24. The topological polar surface area (TPSA) is 123 Å². The molecule has 9 nitrogen and oxygen atoms in total. The van der Waals surface area contributed by atoms with Crippen molar-refractivity contribution in [3.05, 3.63) is 34.8 Å². The fraction of sp³-hybridized carbons (Fsp3) is 0.188. The van der Waals surface area contributed by atoms with Gasteiger partial charge in [-0.05, 0) is 24.4 Å². The third-order valence-corrected chi connectivity index (χ3v) is 4.32. The van der Waals surface area contributed by atoms with E-state index < -0.39 is 24.5 Å².